The third-order valence-corrected chi connectivity index (χ3v) is 2.62. The number of nitrogens with zero attached hydrogens (tertiary/aromatic N) is 3. The lowest BCUT2D eigenvalue weighted by atomic mass is 10.1. The summed E-state index contributed by atoms with van der Waals surface area (Å²) < 4.78 is 5.29. The zero-order chi connectivity index (χ0) is 12.3. The number of methoxy groups -OCH3 is 1. The van der Waals surface area contributed by atoms with Crippen LogP contribution in [0.25, 0.3) is 11.4 Å². The van der Waals surface area contributed by atoms with E-state index in [1.54, 1.807) is 7.11 Å². The smallest absolute Gasteiger partial charge is 0.186 e. The fraction of sp³-hybridized carbons (Fsp3) is 0.250. The van der Waals surface area contributed by atoms with Gasteiger partial charge >= 0.3 is 0 Å². The molecule has 0 amide bonds. The minimum atomic E-state index is 0.318. The van der Waals surface area contributed by atoms with Crippen LogP contribution in [0.1, 0.15) is 12.5 Å². The zero-order valence-corrected chi connectivity index (χ0v) is 10.4. The average Bonchev–Trinajstić information content (AvgIpc) is 2.38. The maximum atomic E-state index is 5.81. The number of benzene rings is 1. The lowest BCUT2D eigenvalue weighted by Gasteiger charge is -2.08. The molecule has 0 saturated carbocycles. The Morgan fingerprint density at radius 3 is 2.82 bits per heavy atom. The molecule has 2 aromatic rings. The van der Waals surface area contributed by atoms with Gasteiger partial charge in [-0.1, -0.05) is 24.6 Å². The summed E-state index contributed by atoms with van der Waals surface area (Å²) in [5.74, 6) is 1.19. The van der Waals surface area contributed by atoms with Gasteiger partial charge in [-0.3, -0.25) is 0 Å². The molecule has 0 spiro atoms. The molecule has 2 rings (SSSR count). The van der Waals surface area contributed by atoms with Crippen LogP contribution in [0.15, 0.2) is 24.4 Å². The van der Waals surface area contributed by atoms with Gasteiger partial charge in [0.25, 0.3) is 0 Å². The van der Waals surface area contributed by atoms with Crippen LogP contribution in [-0.2, 0) is 6.42 Å². The molecule has 0 aliphatic rings. The molecule has 5 heteroatoms. The van der Waals surface area contributed by atoms with E-state index >= 15 is 0 Å². The van der Waals surface area contributed by atoms with Crippen LogP contribution in [0.3, 0.4) is 0 Å². The highest BCUT2D eigenvalue weighted by atomic mass is 35.5. The second kappa shape index (κ2) is 5.10. The van der Waals surface area contributed by atoms with Crippen molar-refractivity contribution in [2.24, 2.45) is 0 Å². The van der Waals surface area contributed by atoms with Crippen LogP contribution in [0, 0.1) is 0 Å². The first-order valence-corrected chi connectivity index (χ1v) is 5.65. The van der Waals surface area contributed by atoms with Crippen molar-refractivity contribution in [1.82, 2.24) is 15.2 Å². The molecule has 1 aromatic carbocycles. The monoisotopic (exact) mass is 249 g/mol. The highest BCUT2D eigenvalue weighted by molar-refractivity contribution is 6.29. The Hall–Kier alpha value is -1.68. The quantitative estimate of drug-likeness (QED) is 0.839. The number of halogens is 1. The summed E-state index contributed by atoms with van der Waals surface area (Å²) in [5, 5.41) is 8.08. The molecule has 1 heterocycles. The summed E-state index contributed by atoms with van der Waals surface area (Å²) in [6.45, 7) is 2.09. The molecule has 0 N–H and O–H groups in total. The van der Waals surface area contributed by atoms with Crippen LogP contribution in [-0.4, -0.2) is 22.3 Å². The lowest BCUT2D eigenvalue weighted by Crippen LogP contribution is -1.96. The average molecular weight is 250 g/mol. The normalized spacial score (nSPS) is 10.3. The molecule has 4 nitrogen and oxygen atoms in total. The molecule has 0 aliphatic carbocycles. The van der Waals surface area contributed by atoms with Crippen LogP contribution in [0.2, 0.25) is 5.15 Å². The maximum absolute atomic E-state index is 5.81. The van der Waals surface area contributed by atoms with Gasteiger partial charge in [-0.15, -0.1) is 5.10 Å². The van der Waals surface area contributed by atoms with Gasteiger partial charge in [0.15, 0.2) is 11.0 Å². The number of ether oxygens (including phenoxy) is 1. The maximum Gasteiger partial charge on any atom is 0.186 e. The Morgan fingerprint density at radius 2 is 2.18 bits per heavy atom. The van der Waals surface area contributed by atoms with Gasteiger partial charge in [-0.25, -0.2) is 4.98 Å². The molecular weight excluding hydrogens is 238 g/mol. The van der Waals surface area contributed by atoms with Gasteiger partial charge in [0.1, 0.15) is 5.75 Å². The number of hydrogen-bond acceptors (Lipinski definition) is 4. The molecule has 0 atom stereocenters. The first kappa shape index (κ1) is 11.8. The fourth-order valence-electron chi connectivity index (χ4n) is 1.55. The molecule has 0 fully saturated rings. The first-order valence-electron chi connectivity index (χ1n) is 5.27. The second-order valence-corrected chi connectivity index (χ2v) is 3.88. The number of aryl methyl sites for hydroxylation is 1. The third-order valence-electron chi connectivity index (χ3n) is 2.44. The van der Waals surface area contributed by atoms with Crippen molar-refractivity contribution in [3.8, 4) is 17.1 Å². The highest BCUT2D eigenvalue weighted by Gasteiger charge is 2.10. The molecule has 88 valence electrons. The number of hydrogen-bond donors (Lipinski definition) is 0. The topological polar surface area (TPSA) is 47.9 Å². The summed E-state index contributed by atoms with van der Waals surface area (Å²) >= 11 is 5.81. The van der Waals surface area contributed by atoms with Gasteiger partial charge in [0.2, 0.25) is 0 Å². The highest BCUT2D eigenvalue weighted by Crippen LogP contribution is 2.28. The van der Waals surface area contributed by atoms with Crippen molar-refractivity contribution in [1.29, 1.82) is 0 Å². The van der Waals surface area contributed by atoms with Crippen molar-refractivity contribution in [3.63, 3.8) is 0 Å². The molecular formula is C12H12ClN3O. The van der Waals surface area contributed by atoms with E-state index in [4.69, 9.17) is 16.3 Å². The Labute approximate surface area is 105 Å². The lowest BCUT2D eigenvalue weighted by molar-refractivity contribution is 0.416. The van der Waals surface area contributed by atoms with E-state index in [1.807, 2.05) is 18.2 Å². The van der Waals surface area contributed by atoms with Crippen LogP contribution in [0.4, 0.5) is 0 Å². The Bertz CT molecular complexity index is 531. The molecule has 1 aromatic heterocycles. The number of rotatable bonds is 3. The minimum Gasteiger partial charge on any atom is -0.496 e. The Kier molecular flexibility index (Phi) is 3.54. The molecule has 0 radical (unpaired) electrons. The van der Waals surface area contributed by atoms with E-state index in [0.717, 1.165) is 12.0 Å². The van der Waals surface area contributed by atoms with Gasteiger partial charge < -0.3 is 4.74 Å². The molecule has 17 heavy (non-hydrogen) atoms. The summed E-state index contributed by atoms with van der Waals surface area (Å²) in [5.41, 5.74) is 1.99. The SMILES string of the molecule is CCc1ccc(OC)c(-c2nncc(Cl)n2)c1. The largest absolute Gasteiger partial charge is 0.496 e. The van der Waals surface area contributed by atoms with Crippen LogP contribution >= 0.6 is 11.6 Å². The van der Waals surface area contributed by atoms with Crippen molar-refractivity contribution in [3.05, 3.63) is 35.1 Å². The van der Waals surface area contributed by atoms with E-state index < -0.39 is 0 Å². The van der Waals surface area contributed by atoms with Gasteiger partial charge in [0, 0.05) is 0 Å². The fourth-order valence-corrected chi connectivity index (χ4v) is 1.67. The zero-order valence-electron chi connectivity index (χ0n) is 9.64. The standard InChI is InChI=1S/C12H12ClN3O/c1-3-8-4-5-10(17-2)9(6-8)12-15-11(13)7-14-16-12/h4-7H,3H2,1-2H3. The summed E-state index contributed by atoms with van der Waals surface area (Å²) in [6.07, 6.45) is 2.34. The van der Waals surface area contributed by atoms with Crippen molar-refractivity contribution >= 4 is 11.6 Å². The van der Waals surface area contributed by atoms with Crippen LogP contribution < -0.4 is 4.74 Å². The summed E-state index contributed by atoms with van der Waals surface area (Å²) in [7, 11) is 1.61. The van der Waals surface area contributed by atoms with Crippen molar-refractivity contribution < 1.29 is 4.74 Å². The predicted octanol–water partition coefficient (Wildman–Crippen LogP) is 2.76. The number of aromatic nitrogens is 3. The predicted molar refractivity (Wildman–Crippen MR) is 66.2 cm³/mol. The van der Waals surface area contributed by atoms with E-state index in [-0.39, 0.29) is 0 Å². The molecule has 0 aliphatic heterocycles. The molecule has 0 saturated heterocycles. The Morgan fingerprint density at radius 1 is 1.35 bits per heavy atom. The van der Waals surface area contributed by atoms with Crippen molar-refractivity contribution in [2.45, 2.75) is 13.3 Å². The van der Waals surface area contributed by atoms with Gasteiger partial charge in [-0.2, -0.15) is 5.10 Å². The van der Waals surface area contributed by atoms with Crippen molar-refractivity contribution in [2.75, 3.05) is 7.11 Å². The second-order valence-electron chi connectivity index (χ2n) is 3.49. The minimum absolute atomic E-state index is 0.318. The van der Waals surface area contributed by atoms with E-state index in [2.05, 4.69) is 22.1 Å². The molecule has 0 unspecified atom stereocenters. The summed E-state index contributed by atoms with van der Waals surface area (Å²) in [6, 6.07) is 5.91. The van der Waals surface area contributed by atoms with Crippen LogP contribution in [0.5, 0.6) is 5.75 Å². The van der Waals surface area contributed by atoms with E-state index in [0.29, 0.717) is 16.7 Å². The van der Waals surface area contributed by atoms with Gasteiger partial charge in [-0.05, 0) is 24.1 Å². The summed E-state index contributed by atoms with van der Waals surface area (Å²) in [4.78, 5) is 4.14. The third kappa shape index (κ3) is 2.53. The first-order chi connectivity index (χ1) is 8.24. The van der Waals surface area contributed by atoms with Gasteiger partial charge in [0.05, 0.1) is 18.9 Å². The Balaban J connectivity index is 2.56. The van der Waals surface area contributed by atoms with E-state index in [9.17, 15) is 0 Å². The van der Waals surface area contributed by atoms with E-state index in [1.165, 1.54) is 11.8 Å². The molecule has 0 bridgehead atoms.